The van der Waals surface area contributed by atoms with E-state index in [1.165, 1.54) is 10.5 Å². The van der Waals surface area contributed by atoms with Crippen molar-refractivity contribution in [1.29, 1.82) is 0 Å². The van der Waals surface area contributed by atoms with Crippen LogP contribution >= 0.6 is 12.6 Å². The molecule has 1 aromatic rings. The van der Waals surface area contributed by atoms with Crippen LogP contribution in [0.2, 0.25) is 0 Å². The van der Waals surface area contributed by atoms with Crippen molar-refractivity contribution in [3.8, 4) is 0 Å². The van der Waals surface area contributed by atoms with Gasteiger partial charge in [-0.3, -0.25) is 0 Å². The summed E-state index contributed by atoms with van der Waals surface area (Å²) in [6, 6.07) is 6.11. The van der Waals surface area contributed by atoms with Crippen molar-refractivity contribution < 1.29 is 4.11 Å². The van der Waals surface area contributed by atoms with Gasteiger partial charge in [-0.25, -0.2) is 0 Å². The number of para-hydroxylation sites is 1. The molecule has 0 radical (unpaired) electrons. The molecule has 0 aromatic heterocycles. The lowest BCUT2D eigenvalue weighted by Gasteiger charge is -2.51. The van der Waals surface area contributed by atoms with E-state index in [0.717, 1.165) is 16.3 Å². The first-order valence-electron chi connectivity index (χ1n) is 8.07. The number of thiol groups is 1. The molecule has 0 amide bonds. The smallest absolute Gasteiger partial charge is 0.0942 e. The van der Waals surface area contributed by atoms with Gasteiger partial charge in [0.25, 0.3) is 0 Å². The Morgan fingerprint density at radius 3 is 2.63 bits per heavy atom. The predicted octanol–water partition coefficient (Wildman–Crippen LogP) is 3.84. The standard InChI is InChI=1S/C16H22N2S/c1-15(2)11-7-6-8-12(19)14(11)18-10-17(5)9-13(18)16(15,3)4/h6-9,19H,10H2,1-5H3/i5D3. The molecule has 0 saturated heterocycles. The Labute approximate surface area is 125 Å². The number of nitrogens with zero attached hydrogens (tertiary/aromatic N) is 2. The molecule has 2 nitrogen and oxygen atoms in total. The van der Waals surface area contributed by atoms with Gasteiger partial charge in [0.05, 0.1) is 12.4 Å². The maximum atomic E-state index is 7.71. The zero-order chi connectivity index (χ0) is 16.5. The summed E-state index contributed by atoms with van der Waals surface area (Å²) in [5.41, 5.74) is 3.00. The second-order valence-electron chi connectivity index (χ2n) is 6.48. The Balaban J connectivity index is 2.25. The Kier molecular flexibility index (Phi) is 1.91. The van der Waals surface area contributed by atoms with Gasteiger partial charge in [0.2, 0.25) is 0 Å². The number of anilines is 1. The summed E-state index contributed by atoms with van der Waals surface area (Å²) in [4.78, 5) is 4.43. The summed E-state index contributed by atoms with van der Waals surface area (Å²) in [7, 11) is 0. The van der Waals surface area contributed by atoms with E-state index in [-0.39, 0.29) is 10.8 Å². The van der Waals surface area contributed by atoms with Crippen molar-refractivity contribution in [2.45, 2.75) is 38.0 Å². The average Bonchev–Trinajstić information content (AvgIpc) is 2.82. The number of fused-ring (bicyclic) bond motifs is 3. The van der Waals surface area contributed by atoms with Gasteiger partial charge in [-0.2, -0.15) is 0 Å². The highest BCUT2D eigenvalue weighted by Gasteiger charge is 2.50. The van der Waals surface area contributed by atoms with Gasteiger partial charge >= 0.3 is 0 Å². The first kappa shape index (κ1) is 9.76. The second-order valence-corrected chi connectivity index (χ2v) is 6.96. The molecule has 2 heterocycles. The maximum Gasteiger partial charge on any atom is 0.0942 e. The van der Waals surface area contributed by atoms with E-state index in [1.54, 1.807) is 6.20 Å². The summed E-state index contributed by atoms with van der Waals surface area (Å²) in [5.74, 6) is 0. The fourth-order valence-electron chi connectivity index (χ4n) is 3.15. The quantitative estimate of drug-likeness (QED) is 0.720. The SMILES string of the molecule is [2H]C([2H])([2H])N1C=C2N(C1)c1c(S)cccc1C(C)(C)C2(C)C. The Bertz CT molecular complexity index is 662. The predicted molar refractivity (Wildman–Crippen MR) is 83.7 cm³/mol. The van der Waals surface area contributed by atoms with Crippen LogP contribution in [0.25, 0.3) is 0 Å². The highest BCUT2D eigenvalue weighted by molar-refractivity contribution is 7.80. The van der Waals surface area contributed by atoms with Crippen LogP contribution in [-0.4, -0.2) is 18.5 Å². The van der Waals surface area contributed by atoms with Crippen molar-refractivity contribution in [2.75, 3.05) is 18.5 Å². The molecule has 0 saturated carbocycles. The van der Waals surface area contributed by atoms with Crippen LogP contribution in [-0.2, 0) is 5.41 Å². The molecular formula is C16H22N2S. The second kappa shape index (κ2) is 3.72. The summed E-state index contributed by atoms with van der Waals surface area (Å²) in [5, 5.41) is 0. The topological polar surface area (TPSA) is 6.48 Å². The van der Waals surface area contributed by atoms with E-state index in [9.17, 15) is 0 Å². The molecule has 0 fully saturated rings. The van der Waals surface area contributed by atoms with Crippen LogP contribution in [0.1, 0.15) is 37.4 Å². The third-order valence-electron chi connectivity index (χ3n) is 5.02. The average molecular weight is 277 g/mol. The van der Waals surface area contributed by atoms with Crippen molar-refractivity contribution >= 4 is 18.3 Å². The van der Waals surface area contributed by atoms with Crippen LogP contribution in [0.15, 0.2) is 35.0 Å². The maximum absolute atomic E-state index is 7.71. The fraction of sp³-hybridized carbons (Fsp3) is 0.500. The summed E-state index contributed by atoms with van der Waals surface area (Å²) >= 11 is 4.63. The Hall–Kier alpha value is -1.09. The number of hydrogen-bond donors (Lipinski definition) is 1. The van der Waals surface area contributed by atoms with Gasteiger partial charge < -0.3 is 9.80 Å². The van der Waals surface area contributed by atoms with Crippen molar-refractivity contribution in [1.82, 2.24) is 4.90 Å². The van der Waals surface area contributed by atoms with Crippen LogP contribution < -0.4 is 4.90 Å². The lowest BCUT2D eigenvalue weighted by Crippen LogP contribution is -2.48. The molecule has 2 aliphatic heterocycles. The summed E-state index contributed by atoms with van der Waals surface area (Å²) in [6.45, 7) is 7.02. The molecule has 0 atom stereocenters. The van der Waals surface area contributed by atoms with Crippen molar-refractivity contribution in [2.24, 2.45) is 5.41 Å². The van der Waals surface area contributed by atoms with Crippen LogP contribution in [0.4, 0.5) is 5.69 Å². The minimum Gasteiger partial charge on any atom is -0.361 e. The van der Waals surface area contributed by atoms with Gasteiger partial charge in [-0.05, 0) is 11.6 Å². The zero-order valence-corrected chi connectivity index (χ0v) is 12.8. The van der Waals surface area contributed by atoms with Gasteiger partial charge in [0.1, 0.15) is 0 Å². The molecule has 0 N–H and O–H groups in total. The van der Waals surface area contributed by atoms with Crippen LogP contribution in [0, 0.1) is 5.41 Å². The Morgan fingerprint density at radius 1 is 1.21 bits per heavy atom. The van der Waals surface area contributed by atoms with Crippen molar-refractivity contribution in [3.63, 3.8) is 0 Å². The van der Waals surface area contributed by atoms with Gasteiger partial charge in [-0.15, -0.1) is 12.6 Å². The van der Waals surface area contributed by atoms with Crippen LogP contribution in [0.5, 0.6) is 0 Å². The molecule has 102 valence electrons. The molecule has 0 unspecified atom stereocenters. The number of rotatable bonds is 0. The zero-order valence-electron chi connectivity index (χ0n) is 14.9. The van der Waals surface area contributed by atoms with E-state index in [1.807, 2.05) is 12.1 Å². The lowest BCUT2D eigenvalue weighted by molar-refractivity contribution is 0.234. The molecule has 1 aromatic carbocycles. The third kappa shape index (κ3) is 1.51. The minimum atomic E-state index is -2.13. The molecule has 19 heavy (non-hydrogen) atoms. The van der Waals surface area contributed by atoms with Crippen molar-refractivity contribution in [3.05, 3.63) is 35.7 Å². The van der Waals surface area contributed by atoms with E-state index >= 15 is 0 Å². The van der Waals surface area contributed by atoms with E-state index in [0.29, 0.717) is 6.67 Å². The summed E-state index contributed by atoms with van der Waals surface area (Å²) in [6.07, 6.45) is 1.80. The summed E-state index contributed by atoms with van der Waals surface area (Å²) < 4.78 is 23.1. The normalized spacial score (nSPS) is 25.9. The van der Waals surface area contributed by atoms with Crippen LogP contribution in [0.3, 0.4) is 0 Å². The molecule has 3 rings (SSSR count). The van der Waals surface area contributed by atoms with E-state index < -0.39 is 6.98 Å². The third-order valence-corrected chi connectivity index (χ3v) is 5.38. The number of allylic oxidation sites excluding steroid dienone is 1. The van der Waals surface area contributed by atoms with E-state index in [2.05, 4.69) is 51.3 Å². The molecule has 0 bridgehead atoms. The fourth-order valence-corrected chi connectivity index (χ4v) is 3.48. The van der Waals surface area contributed by atoms with Gasteiger partial charge in [0, 0.05) is 38.7 Å². The van der Waals surface area contributed by atoms with Gasteiger partial charge in [-0.1, -0.05) is 39.8 Å². The first-order chi connectivity index (χ1) is 9.98. The molecular weight excluding hydrogens is 252 g/mol. The first-order valence-corrected chi connectivity index (χ1v) is 7.01. The number of hydrogen-bond acceptors (Lipinski definition) is 3. The minimum absolute atomic E-state index is 0.117. The van der Waals surface area contributed by atoms with Gasteiger partial charge in [0.15, 0.2) is 0 Å². The Morgan fingerprint density at radius 2 is 1.95 bits per heavy atom. The number of benzene rings is 1. The monoisotopic (exact) mass is 277 g/mol. The molecule has 0 spiro atoms. The molecule has 2 aliphatic rings. The highest BCUT2D eigenvalue weighted by Crippen LogP contribution is 2.57. The molecule has 0 aliphatic carbocycles. The highest BCUT2D eigenvalue weighted by atomic mass is 32.1. The van der Waals surface area contributed by atoms with E-state index in [4.69, 9.17) is 4.11 Å². The largest absolute Gasteiger partial charge is 0.361 e. The lowest BCUT2D eigenvalue weighted by atomic mass is 9.60. The molecule has 3 heteroatoms.